The van der Waals surface area contributed by atoms with Crippen molar-refractivity contribution in [1.82, 2.24) is 10.2 Å². The molecule has 10 heteroatoms. The summed E-state index contributed by atoms with van der Waals surface area (Å²) in [4.78, 5) is 24.0. The molecule has 2 heterocycles. The summed E-state index contributed by atoms with van der Waals surface area (Å²) in [6.45, 7) is 0. The Kier molecular flexibility index (Phi) is 3.79. The smallest absolute Gasteiger partial charge is 0.273 e. The summed E-state index contributed by atoms with van der Waals surface area (Å²) in [5.74, 6) is 0.195. The molecule has 0 unspecified atom stereocenters. The fraction of sp³-hybridized carbons (Fsp3) is 0.182. The first-order valence-electron chi connectivity index (χ1n) is 5.71. The maximum atomic E-state index is 12.0. The van der Waals surface area contributed by atoms with E-state index in [2.05, 4.69) is 10.2 Å². The lowest BCUT2D eigenvalue weighted by Crippen LogP contribution is -2.27. The molecule has 21 heavy (non-hydrogen) atoms. The molecule has 1 saturated heterocycles. The van der Waals surface area contributed by atoms with E-state index >= 15 is 0 Å². The Morgan fingerprint density at radius 2 is 2.29 bits per heavy atom. The first kappa shape index (κ1) is 14.2. The van der Waals surface area contributed by atoms with Crippen LogP contribution in [0.3, 0.4) is 0 Å². The number of nitrogens with zero attached hydrogens (tertiary/aromatic N) is 4. The number of carbonyl (C=O) groups is 1. The molecule has 1 aromatic heterocycles. The van der Waals surface area contributed by atoms with Gasteiger partial charge in [0.25, 0.3) is 5.69 Å². The Hall–Kier alpha value is -1.71. The molecular weight excluding hydrogens is 336 g/mol. The SMILES string of the molecule is O=C1CS[C@@H](c2ccc(Cl)c([N+](=O)[O-])c2)N1c1nncs1. The first-order chi connectivity index (χ1) is 10.1. The van der Waals surface area contributed by atoms with Crippen LogP contribution in [-0.4, -0.2) is 26.8 Å². The van der Waals surface area contributed by atoms with Crippen LogP contribution < -0.4 is 4.90 Å². The van der Waals surface area contributed by atoms with Gasteiger partial charge >= 0.3 is 0 Å². The number of anilines is 1. The van der Waals surface area contributed by atoms with E-state index < -0.39 is 4.92 Å². The van der Waals surface area contributed by atoms with Crippen molar-refractivity contribution in [1.29, 1.82) is 0 Å². The number of hydrogen-bond donors (Lipinski definition) is 0. The lowest BCUT2D eigenvalue weighted by atomic mass is 10.2. The third kappa shape index (κ3) is 2.59. The van der Waals surface area contributed by atoms with Gasteiger partial charge in [-0.3, -0.25) is 19.8 Å². The van der Waals surface area contributed by atoms with Crippen molar-refractivity contribution < 1.29 is 9.72 Å². The molecule has 1 atom stereocenters. The second-order valence-corrected chi connectivity index (χ2v) is 6.40. The van der Waals surface area contributed by atoms with Crippen molar-refractivity contribution in [2.24, 2.45) is 0 Å². The highest BCUT2D eigenvalue weighted by molar-refractivity contribution is 8.00. The summed E-state index contributed by atoms with van der Waals surface area (Å²) in [6, 6.07) is 4.54. The van der Waals surface area contributed by atoms with Crippen molar-refractivity contribution in [3.05, 3.63) is 44.4 Å². The van der Waals surface area contributed by atoms with Gasteiger partial charge < -0.3 is 0 Å². The first-order valence-corrected chi connectivity index (χ1v) is 8.02. The number of thioether (sulfide) groups is 1. The summed E-state index contributed by atoms with van der Waals surface area (Å²) < 4.78 is 0. The van der Waals surface area contributed by atoms with Gasteiger partial charge in [0.1, 0.15) is 15.9 Å². The van der Waals surface area contributed by atoms with Gasteiger partial charge in [-0.05, 0) is 11.6 Å². The molecule has 0 radical (unpaired) electrons. The highest BCUT2D eigenvalue weighted by atomic mass is 35.5. The quantitative estimate of drug-likeness (QED) is 0.629. The highest BCUT2D eigenvalue weighted by Crippen LogP contribution is 2.43. The second kappa shape index (κ2) is 5.58. The molecule has 2 aromatic rings. The lowest BCUT2D eigenvalue weighted by molar-refractivity contribution is -0.384. The van der Waals surface area contributed by atoms with Crippen LogP contribution in [0.25, 0.3) is 0 Å². The number of nitro groups is 1. The zero-order chi connectivity index (χ0) is 15.0. The molecule has 0 aliphatic carbocycles. The predicted octanol–water partition coefficient (Wildman–Crippen LogP) is 2.88. The van der Waals surface area contributed by atoms with Crippen LogP contribution in [0.4, 0.5) is 10.8 Å². The highest BCUT2D eigenvalue weighted by Gasteiger charge is 2.36. The monoisotopic (exact) mass is 342 g/mol. The average molecular weight is 343 g/mol. The number of aromatic nitrogens is 2. The topological polar surface area (TPSA) is 89.2 Å². The minimum Gasteiger partial charge on any atom is -0.273 e. The van der Waals surface area contributed by atoms with Gasteiger partial charge in [0.05, 0.1) is 10.7 Å². The predicted molar refractivity (Wildman–Crippen MR) is 80.7 cm³/mol. The van der Waals surface area contributed by atoms with Crippen molar-refractivity contribution in [3.8, 4) is 0 Å². The maximum Gasteiger partial charge on any atom is 0.288 e. The molecule has 7 nitrogen and oxygen atoms in total. The molecule has 0 spiro atoms. The minimum atomic E-state index is -0.539. The fourth-order valence-corrected chi connectivity index (χ4v) is 3.97. The van der Waals surface area contributed by atoms with Gasteiger partial charge in [-0.25, -0.2) is 0 Å². The van der Waals surface area contributed by atoms with Crippen molar-refractivity contribution in [2.45, 2.75) is 5.37 Å². The van der Waals surface area contributed by atoms with E-state index in [4.69, 9.17) is 11.6 Å². The number of nitro benzene ring substituents is 1. The number of rotatable bonds is 3. The van der Waals surface area contributed by atoms with Crippen LogP contribution in [0.5, 0.6) is 0 Å². The van der Waals surface area contributed by atoms with Crippen LogP contribution in [0.2, 0.25) is 5.02 Å². The molecule has 1 aromatic carbocycles. The number of amides is 1. The standard InChI is InChI=1S/C11H7ClN4O3S2/c12-7-2-1-6(3-8(7)16(18)19)10-15(9(17)4-20-10)11-14-13-5-21-11/h1-3,5,10H,4H2/t10-/m0/s1. The summed E-state index contributed by atoms with van der Waals surface area (Å²) in [5.41, 5.74) is 2.00. The van der Waals surface area contributed by atoms with Crippen LogP contribution in [0, 0.1) is 10.1 Å². The summed E-state index contributed by atoms with van der Waals surface area (Å²) >= 11 is 8.44. The van der Waals surface area contributed by atoms with Gasteiger partial charge in [-0.1, -0.05) is 29.0 Å². The molecule has 1 aliphatic rings. The average Bonchev–Trinajstić information content (AvgIpc) is 3.08. The largest absolute Gasteiger partial charge is 0.288 e. The van der Waals surface area contributed by atoms with Gasteiger partial charge in [-0.2, -0.15) is 0 Å². The van der Waals surface area contributed by atoms with E-state index in [0.717, 1.165) is 0 Å². The third-order valence-electron chi connectivity index (χ3n) is 2.87. The third-order valence-corrected chi connectivity index (χ3v) is 5.10. The van der Waals surface area contributed by atoms with Crippen LogP contribution in [-0.2, 0) is 4.79 Å². The zero-order valence-electron chi connectivity index (χ0n) is 10.3. The second-order valence-electron chi connectivity index (χ2n) is 4.12. The molecule has 1 amide bonds. The number of halogens is 1. The summed E-state index contributed by atoms with van der Waals surface area (Å²) in [5, 5.41) is 18.8. The molecule has 108 valence electrons. The zero-order valence-corrected chi connectivity index (χ0v) is 12.7. The fourth-order valence-electron chi connectivity index (χ4n) is 1.97. The van der Waals surface area contributed by atoms with E-state index in [0.29, 0.717) is 16.4 Å². The van der Waals surface area contributed by atoms with E-state index in [1.807, 2.05) is 0 Å². The van der Waals surface area contributed by atoms with Gasteiger partial charge in [0, 0.05) is 6.07 Å². The Morgan fingerprint density at radius 1 is 1.48 bits per heavy atom. The molecule has 1 fully saturated rings. The van der Waals surface area contributed by atoms with Crippen LogP contribution in [0.15, 0.2) is 23.7 Å². The van der Waals surface area contributed by atoms with Crippen LogP contribution >= 0.6 is 34.7 Å². The summed E-state index contributed by atoms with van der Waals surface area (Å²) in [7, 11) is 0. The number of carbonyl (C=O) groups excluding carboxylic acids is 1. The maximum absolute atomic E-state index is 12.0. The van der Waals surface area contributed by atoms with Gasteiger partial charge in [0.15, 0.2) is 0 Å². The molecule has 0 bridgehead atoms. The van der Waals surface area contributed by atoms with E-state index in [9.17, 15) is 14.9 Å². The Balaban J connectivity index is 2.01. The number of hydrogen-bond acceptors (Lipinski definition) is 7. The molecule has 0 N–H and O–H groups in total. The Morgan fingerprint density at radius 3 is 2.95 bits per heavy atom. The van der Waals surface area contributed by atoms with Crippen LogP contribution in [0.1, 0.15) is 10.9 Å². The molecule has 3 rings (SSSR count). The van der Waals surface area contributed by atoms with Crippen molar-refractivity contribution in [3.63, 3.8) is 0 Å². The summed E-state index contributed by atoms with van der Waals surface area (Å²) in [6.07, 6.45) is 0. The van der Waals surface area contributed by atoms with Gasteiger partial charge in [0.2, 0.25) is 11.0 Å². The van der Waals surface area contributed by atoms with Crippen molar-refractivity contribution >= 4 is 51.4 Å². The van der Waals surface area contributed by atoms with Gasteiger partial charge in [-0.15, -0.1) is 22.0 Å². The lowest BCUT2D eigenvalue weighted by Gasteiger charge is -2.20. The Labute approximate surface area is 132 Å². The minimum absolute atomic E-state index is 0.0699. The number of benzene rings is 1. The van der Waals surface area contributed by atoms with E-state index in [-0.39, 0.29) is 22.0 Å². The molecule has 0 saturated carbocycles. The normalized spacial score (nSPS) is 18.2. The molecule has 1 aliphatic heterocycles. The van der Waals surface area contributed by atoms with Crippen molar-refractivity contribution in [2.75, 3.05) is 10.7 Å². The van der Waals surface area contributed by atoms with E-state index in [1.54, 1.807) is 6.07 Å². The molecular formula is C11H7ClN4O3S2. The van der Waals surface area contributed by atoms with E-state index in [1.165, 1.54) is 45.6 Å². The Bertz CT molecular complexity index is 709.